The minimum Gasteiger partial charge on any atom is -0.485 e. The number of aryl methyl sites for hydroxylation is 1. The first kappa shape index (κ1) is 16.6. The van der Waals surface area contributed by atoms with Crippen molar-refractivity contribution in [3.8, 4) is 5.75 Å². The summed E-state index contributed by atoms with van der Waals surface area (Å²) in [6, 6.07) is 22.8. The number of fused-ring (bicyclic) bond motifs is 2. The molecular formula is C23H24N2O. The van der Waals surface area contributed by atoms with Crippen molar-refractivity contribution in [1.29, 1.82) is 0 Å². The molecule has 3 nitrogen and oxygen atoms in total. The van der Waals surface area contributed by atoms with E-state index >= 15 is 0 Å². The highest BCUT2D eigenvalue weighted by molar-refractivity contribution is 5.88. The molecule has 4 aromatic rings. The van der Waals surface area contributed by atoms with E-state index in [0.29, 0.717) is 12.5 Å². The monoisotopic (exact) mass is 344 g/mol. The largest absolute Gasteiger partial charge is 0.485 e. The van der Waals surface area contributed by atoms with Gasteiger partial charge in [0.15, 0.2) is 0 Å². The molecule has 3 aromatic carbocycles. The van der Waals surface area contributed by atoms with Crippen molar-refractivity contribution in [2.45, 2.75) is 33.4 Å². The Morgan fingerprint density at radius 2 is 1.69 bits per heavy atom. The number of hydrogen-bond acceptors (Lipinski definition) is 2. The van der Waals surface area contributed by atoms with Gasteiger partial charge in [0.25, 0.3) is 0 Å². The molecule has 1 aromatic heterocycles. The van der Waals surface area contributed by atoms with Crippen LogP contribution in [0, 0.1) is 5.92 Å². The van der Waals surface area contributed by atoms with E-state index in [2.05, 4.69) is 60.9 Å². The van der Waals surface area contributed by atoms with E-state index < -0.39 is 0 Å². The Morgan fingerprint density at radius 1 is 0.923 bits per heavy atom. The molecule has 4 rings (SSSR count). The van der Waals surface area contributed by atoms with Crippen LogP contribution in [0.15, 0.2) is 66.7 Å². The van der Waals surface area contributed by atoms with Crippen molar-refractivity contribution in [2.24, 2.45) is 5.92 Å². The standard InChI is InChI=1S/C23H24N2O/c1-17(2)14-15-25-21-12-6-5-11-20(21)24-23(25)16-26-22-13-7-9-18-8-3-4-10-19(18)22/h3-13,17H,14-16H2,1-2H3. The van der Waals surface area contributed by atoms with Crippen LogP contribution >= 0.6 is 0 Å². The van der Waals surface area contributed by atoms with Crippen molar-refractivity contribution in [2.75, 3.05) is 0 Å². The molecule has 3 heteroatoms. The van der Waals surface area contributed by atoms with Gasteiger partial charge in [0.1, 0.15) is 18.2 Å². The zero-order valence-corrected chi connectivity index (χ0v) is 15.4. The van der Waals surface area contributed by atoms with Gasteiger partial charge in [-0.25, -0.2) is 4.98 Å². The van der Waals surface area contributed by atoms with Crippen LogP contribution in [-0.2, 0) is 13.2 Å². The number of rotatable bonds is 6. The second-order valence-corrected chi connectivity index (χ2v) is 7.12. The Morgan fingerprint density at radius 3 is 2.58 bits per heavy atom. The molecule has 0 spiro atoms. The van der Waals surface area contributed by atoms with E-state index in [9.17, 15) is 0 Å². The maximum Gasteiger partial charge on any atom is 0.147 e. The van der Waals surface area contributed by atoms with E-state index in [1.54, 1.807) is 0 Å². The fourth-order valence-electron chi connectivity index (χ4n) is 3.34. The van der Waals surface area contributed by atoms with Crippen molar-refractivity contribution in [3.05, 3.63) is 72.6 Å². The van der Waals surface area contributed by atoms with Gasteiger partial charge in [0.2, 0.25) is 0 Å². The van der Waals surface area contributed by atoms with E-state index in [4.69, 9.17) is 9.72 Å². The van der Waals surface area contributed by atoms with Gasteiger partial charge in [-0.15, -0.1) is 0 Å². The summed E-state index contributed by atoms with van der Waals surface area (Å²) in [5.74, 6) is 2.55. The molecule has 0 amide bonds. The van der Waals surface area contributed by atoms with E-state index in [0.717, 1.165) is 35.4 Å². The Kier molecular flexibility index (Phi) is 4.61. The number of imidazole rings is 1. The molecule has 26 heavy (non-hydrogen) atoms. The van der Waals surface area contributed by atoms with Gasteiger partial charge in [-0.3, -0.25) is 0 Å². The smallest absolute Gasteiger partial charge is 0.147 e. The summed E-state index contributed by atoms with van der Waals surface area (Å²) in [5.41, 5.74) is 2.22. The third-order valence-corrected chi connectivity index (χ3v) is 4.77. The van der Waals surface area contributed by atoms with Crippen LogP contribution < -0.4 is 4.74 Å². The number of benzene rings is 3. The summed E-state index contributed by atoms with van der Waals surface area (Å²) >= 11 is 0. The predicted octanol–water partition coefficient (Wildman–Crippen LogP) is 5.81. The first-order chi connectivity index (χ1) is 12.7. The summed E-state index contributed by atoms with van der Waals surface area (Å²) in [7, 11) is 0. The van der Waals surface area contributed by atoms with Gasteiger partial charge >= 0.3 is 0 Å². The van der Waals surface area contributed by atoms with Crippen LogP contribution in [0.25, 0.3) is 21.8 Å². The molecular weight excluding hydrogens is 320 g/mol. The summed E-state index contributed by atoms with van der Waals surface area (Å²) in [4.78, 5) is 4.82. The number of hydrogen-bond donors (Lipinski definition) is 0. The molecule has 0 atom stereocenters. The molecule has 0 N–H and O–H groups in total. The topological polar surface area (TPSA) is 27.1 Å². The average molecular weight is 344 g/mol. The summed E-state index contributed by atoms with van der Waals surface area (Å²) < 4.78 is 8.51. The molecule has 1 heterocycles. The fraction of sp³-hybridized carbons (Fsp3) is 0.261. The molecule has 0 fully saturated rings. The highest BCUT2D eigenvalue weighted by Gasteiger charge is 2.12. The van der Waals surface area contributed by atoms with Crippen LogP contribution in [-0.4, -0.2) is 9.55 Å². The Balaban J connectivity index is 1.65. The number of nitrogens with zero attached hydrogens (tertiary/aromatic N) is 2. The molecule has 0 aliphatic carbocycles. The van der Waals surface area contributed by atoms with Gasteiger partial charge in [-0.2, -0.15) is 0 Å². The van der Waals surface area contributed by atoms with Crippen molar-refractivity contribution in [1.82, 2.24) is 9.55 Å². The Bertz CT molecular complexity index is 1030. The average Bonchev–Trinajstić information content (AvgIpc) is 3.02. The third-order valence-electron chi connectivity index (χ3n) is 4.77. The zero-order valence-electron chi connectivity index (χ0n) is 15.4. The lowest BCUT2D eigenvalue weighted by molar-refractivity contribution is 0.292. The van der Waals surface area contributed by atoms with Gasteiger partial charge < -0.3 is 9.30 Å². The van der Waals surface area contributed by atoms with Crippen LogP contribution in [0.1, 0.15) is 26.1 Å². The van der Waals surface area contributed by atoms with E-state index in [1.165, 1.54) is 10.9 Å². The maximum absolute atomic E-state index is 6.20. The van der Waals surface area contributed by atoms with E-state index in [1.807, 2.05) is 24.3 Å². The molecule has 0 saturated carbocycles. The number of aromatic nitrogens is 2. The summed E-state index contributed by atoms with van der Waals surface area (Å²) in [6.07, 6.45) is 1.13. The maximum atomic E-state index is 6.20. The van der Waals surface area contributed by atoms with Crippen LogP contribution in [0.3, 0.4) is 0 Å². The highest BCUT2D eigenvalue weighted by Crippen LogP contribution is 2.26. The quantitative estimate of drug-likeness (QED) is 0.441. The molecule has 0 aliphatic heterocycles. The van der Waals surface area contributed by atoms with Crippen LogP contribution in [0.2, 0.25) is 0 Å². The van der Waals surface area contributed by atoms with Gasteiger partial charge in [0, 0.05) is 11.9 Å². The summed E-state index contributed by atoms with van der Waals surface area (Å²) in [5, 5.41) is 2.33. The number of ether oxygens (including phenoxy) is 1. The first-order valence-electron chi connectivity index (χ1n) is 9.27. The molecule has 0 saturated heterocycles. The molecule has 0 aliphatic rings. The lowest BCUT2D eigenvalue weighted by atomic mass is 10.1. The Hall–Kier alpha value is -2.81. The summed E-state index contributed by atoms with van der Waals surface area (Å²) in [6.45, 7) is 5.95. The zero-order chi connectivity index (χ0) is 17.9. The van der Waals surface area contributed by atoms with E-state index in [-0.39, 0.29) is 0 Å². The Labute approximate surface area is 154 Å². The third kappa shape index (κ3) is 3.30. The molecule has 0 bridgehead atoms. The SMILES string of the molecule is CC(C)CCn1c(COc2cccc3ccccc23)nc2ccccc21. The van der Waals surface area contributed by atoms with Crippen molar-refractivity contribution < 1.29 is 4.74 Å². The lowest BCUT2D eigenvalue weighted by Crippen LogP contribution is -2.09. The van der Waals surface area contributed by atoms with Crippen LogP contribution in [0.4, 0.5) is 0 Å². The van der Waals surface area contributed by atoms with Crippen molar-refractivity contribution in [3.63, 3.8) is 0 Å². The molecule has 132 valence electrons. The first-order valence-corrected chi connectivity index (χ1v) is 9.27. The van der Waals surface area contributed by atoms with Gasteiger partial charge in [-0.1, -0.05) is 62.4 Å². The minimum absolute atomic E-state index is 0.473. The molecule has 0 unspecified atom stereocenters. The highest BCUT2D eigenvalue weighted by atomic mass is 16.5. The van der Waals surface area contributed by atoms with Crippen molar-refractivity contribution >= 4 is 21.8 Å². The minimum atomic E-state index is 0.473. The fourth-order valence-corrected chi connectivity index (χ4v) is 3.34. The second-order valence-electron chi connectivity index (χ2n) is 7.12. The van der Waals surface area contributed by atoms with Crippen LogP contribution in [0.5, 0.6) is 5.75 Å². The normalized spacial score (nSPS) is 11.5. The molecule has 0 radical (unpaired) electrons. The second kappa shape index (κ2) is 7.20. The predicted molar refractivity (Wildman–Crippen MR) is 107 cm³/mol. The van der Waals surface area contributed by atoms with Gasteiger partial charge in [0.05, 0.1) is 11.0 Å². The van der Waals surface area contributed by atoms with Gasteiger partial charge in [-0.05, 0) is 35.9 Å². The number of para-hydroxylation sites is 2. The lowest BCUT2D eigenvalue weighted by Gasteiger charge is -2.13.